The maximum absolute atomic E-state index is 13.9. The number of benzene rings is 2. The number of Topliss-reactive ketones (excluding diaryl/α,β-unsaturated/α-hetero) is 1. The van der Waals surface area contributed by atoms with Crippen LogP contribution < -0.4 is 4.74 Å². The Labute approximate surface area is 245 Å². The highest BCUT2D eigenvalue weighted by Gasteiger charge is 2.56. The maximum Gasteiger partial charge on any atom is 0.233 e. The first kappa shape index (κ1) is 27.2. The third-order valence-electron chi connectivity index (χ3n) is 8.82. The summed E-state index contributed by atoms with van der Waals surface area (Å²) in [4.78, 5) is 55.6. The highest BCUT2D eigenvalue weighted by molar-refractivity contribution is 9.10. The predicted octanol–water partition coefficient (Wildman–Crippen LogP) is 4.54. The number of phenols is 2. The molecule has 41 heavy (non-hydrogen) atoms. The fourth-order valence-electron chi connectivity index (χ4n) is 6.87. The molecule has 210 valence electrons. The summed E-state index contributed by atoms with van der Waals surface area (Å²) in [5.74, 6) is -2.94. The Bertz CT molecular complexity index is 1620. The first-order valence-corrected chi connectivity index (χ1v) is 14.3. The van der Waals surface area contributed by atoms with Crippen LogP contribution >= 0.6 is 15.9 Å². The molecule has 3 aliphatic carbocycles. The van der Waals surface area contributed by atoms with E-state index in [0.29, 0.717) is 39.6 Å². The number of carbonyl (C=O) groups excluding carboxylic acids is 4. The van der Waals surface area contributed by atoms with E-state index in [2.05, 4.69) is 15.9 Å². The van der Waals surface area contributed by atoms with Crippen LogP contribution in [0.1, 0.15) is 36.8 Å². The number of allylic oxidation sites excluding steroid dienone is 6. The number of likely N-dealkylation sites (tertiary alicyclic amines) is 1. The number of amides is 2. The number of rotatable bonds is 5. The second kappa shape index (κ2) is 10.1. The Balaban J connectivity index is 1.40. The number of carbonyl (C=O) groups is 4. The van der Waals surface area contributed by atoms with Gasteiger partial charge in [0.2, 0.25) is 11.8 Å². The lowest BCUT2D eigenvalue weighted by Gasteiger charge is -2.42. The Morgan fingerprint density at radius 1 is 1.02 bits per heavy atom. The number of imide groups is 1. The molecule has 9 heteroatoms. The van der Waals surface area contributed by atoms with Gasteiger partial charge in [-0.1, -0.05) is 23.8 Å². The summed E-state index contributed by atoms with van der Waals surface area (Å²) in [6.45, 7) is 1.83. The number of aromatic hydroxyl groups is 2. The summed E-state index contributed by atoms with van der Waals surface area (Å²) < 4.78 is 5.75. The van der Waals surface area contributed by atoms with Crippen molar-refractivity contribution >= 4 is 39.3 Å². The summed E-state index contributed by atoms with van der Waals surface area (Å²) >= 11 is 3.38. The maximum atomic E-state index is 13.9. The second-order valence-corrected chi connectivity index (χ2v) is 11.9. The van der Waals surface area contributed by atoms with Crippen LogP contribution in [0.3, 0.4) is 0 Å². The average Bonchev–Trinajstić information content (AvgIpc) is 3.20. The van der Waals surface area contributed by atoms with Crippen molar-refractivity contribution in [2.75, 3.05) is 13.7 Å². The molecule has 8 nitrogen and oxygen atoms in total. The van der Waals surface area contributed by atoms with E-state index in [1.54, 1.807) is 43.3 Å². The van der Waals surface area contributed by atoms with Crippen molar-refractivity contribution < 1.29 is 34.1 Å². The zero-order valence-electron chi connectivity index (χ0n) is 22.5. The van der Waals surface area contributed by atoms with Gasteiger partial charge in [-0.25, -0.2) is 0 Å². The standard InChI is InChI=1S/C32H28BrNO7/c1-15-11-24(36)28-22(29(15)37)14-21-19(26(28)17-12-23(33)30(38)25(13-17)41-2)7-8-20-27(21)32(40)34(31(20)39)10-9-16-3-5-18(35)6-4-16/h3-7,11-13,20-21,26-27,35,38H,8-10,14H2,1-2H3/t20-,21+,26-,27-/m0/s1. The van der Waals surface area contributed by atoms with Crippen LogP contribution in [0.2, 0.25) is 0 Å². The van der Waals surface area contributed by atoms with Gasteiger partial charge in [0.05, 0.1) is 23.4 Å². The molecular formula is C32H28BrNO7. The van der Waals surface area contributed by atoms with Crippen molar-refractivity contribution in [3.05, 3.63) is 86.4 Å². The second-order valence-electron chi connectivity index (χ2n) is 11.0. The molecule has 1 fully saturated rings. The summed E-state index contributed by atoms with van der Waals surface area (Å²) in [7, 11) is 1.43. The lowest BCUT2D eigenvalue weighted by Crippen LogP contribution is -2.40. The van der Waals surface area contributed by atoms with E-state index in [1.165, 1.54) is 18.1 Å². The van der Waals surface area contributed by atoms with Crippen molar-refractivity contribution in [1.82, 2.24) is 4.90 Å². The van der Waals surface area contributed by atoms with Gasteiger partial charge >= 0.3 is 0 Å². The molecule has 2 aromatic rings. The Morgan fingerprint density at radius 2 is 1.76 bits per heavy atom. The molecule has 1 heterocycles. The molecule has 6 rings (SSSR count). The highest BCUT2D eigenvalue weighted by Crippen LogP contribution is 2.56. The van der Waals surface area contributed by atoms with E-state index >= 15 is 0 Å². The quantitative estimate of drug-likeness (QED) is 0.287. The van der Waals surface area contributed by atoms with Gasteiger partial charge in [0.1, 0.15) is 5.75 Å². The van der Waals surface area contributed by atoms with Gasteiger partial charge in [-0.2, -0.15) is 0 Å². The van der Waals surface area contributed by atoms with Gasteiger partial charge in [-0.3, -0.25) is 24.1 Å². The van der Waals surface area contributed by atoms with Crippen LogP contribution in [0.25, 0.3) is 0 Å². The molecular weight excluding hydrogens is 590 g/mol. The number of hydrogen-bond acceptors (Lipinski definition) is 7. The first-order chi connectivity index (χ1) is 19.6. The molecule has 4 atom stereocenters. The van der Waals surface area contributed by atoms with E-state index < -0.39 is 23.7 Å². The van der Waals surface area contributed by atoms with E-state index in [9.17, 15) is 29.4 Å². The van der Waals surface area contributed by atoms with Crippen molar-refractivity contribution in [2.45, 2.75) is 32.1 Å². The van der Waals surface area contributed by atoms with E-state index in [-0.39, 0.29) is 53.6 Å². The molecule has 0 bridgehead atoms. The molecule has 2 aromatic carbocycles. The topological polar surface area (TPSA) is 121 Å². The summed E-state index contributed by atoms with van der Waals surface area (Å²) in [6.07, 6.45) is 4.34. The van der Waals surface area contributed by atoms with Crippen LogP contribution in [-0.2, 0) is 25.6 Å². The number of fused-ring (bicyclic) bond motifs is 3. The van der Waals surface area contributed by atoms with Crippen LogP contribution in [0.5, 0.6) is 17.2 Å². The SMILES string of the molecule is COc1cc([C@H]2C3=CC[C@@H]4C(=O)N(CCc5ccc(O)cc5)C(=O)[C@@H]4[C@@H]3CC3=C2C(=O)C=C(C)C3=O)cc(Br)c1O. The molecule has 2 amide bonds. The number of methoxy groups -OCH3 is 1. The number of nitrogens with zero attached hydrogens (tertiary/aromatic N) is 1. The van der Waals surface area contributed by atoms with Gasteiger partial charge in [-0.05, 0) is 89.5 Å². The zero-order valence-corrected chi connectivity index (χ0v) is 24.1. The van der Waals surface area contributed by atoms with Crippen molar-refractivity contribution in [3.8, 4) is 17.2 Å². The smallest absolute Gasteiger partial charge is 0.233 e. The number of ether oxygens (including phenoxy) is 1. The molecule has 0 radical (unpaired) electrons. The van der Waals surface area contributed by atoms with Gasteiger partial charge in [0.15, 0.2) is 23.1 Å². The molecule has 0 aromatic heterocycles. The van der Waals surface area contributed by atoms with Gasteiger partial charge in [0, 0.05) is 29.2 Å². The number of hydrogen-bond donors (Lipinski definition) is 2. The van der Waals surface area contributed by atoms with Gasteiger partial charge < -0.3 is 14.9 Å². The molecule has 0 spiro atoms. The number of phenolic OH excluding ortho intramolecular Hbond substituents is 2. The lowest BCUT2D eigenvalue weighted by atomic mass is 9.59. The molecule has 1 aliphatic heterocycles. The van der Waals surface area contributed by atoms with Crippen LogP contribution in [0.4, 0.5) is 0 Å². The monoisotopic (exact) mass is 617 g/mol. The molecule has 2 N–H and O–H groups in total. The normalized spacial score (nSPS) is 25.5. The van der Waals surface area contributed by atoms with E-state index in [0.717, 1.165) is 11.1 Å². The summed E-state index contributed by atoms with van der Waals surface area (Å²) in [6, 6.07) is 10.0. The third-order valence-corrected chi connectivity index (χ3v) is 9.42. The summed E-state index contributed by atoms with van der Waals surface area (Å²) in [5, 5.41) is 20.0. The fraction of sp³-hybridized carbons (Fsp3) is 0.312. The fourth-order valence-corrected chi connectivity index (χ4v) is 7.33. The Kier molecular flexibility index (Phi) is 6.72. The van der Waals surface area contributed by atoms with Crippen LogP contribution in [0.15, 0.2) is 75.3 Å². The molecule has 0 unspecified atom stereocenters. The average molecular weight is 618 g/mol. The van der Waals surface area contributed by atoms with Crippen molar-refractivity contribution in [1.29, 1.82) is 0 Å². The van der Waals surface area contributed by atoms with Crippen LogP contribution in [0, 0.1) is 17.8 Å². The van der Waals surface area contributed by atoms with Gasteiger partial charge in [-0.15, -0.1) is 0 Å². The van der Waals surface area contributed by atoms with E-state index in [4.69, 9.17) is 4.74 Å². The Morgan fingerprint density at radius 3 is 2.46 bits per heavy atom. The van der Waals surface area contributed by atoms with E-state index in [1.807, 2.05) is 6.08 Å². The van der Waals surface area contributed by atoms with Gasteiger partial charge in [0.25, 0.3) is 0 Å². The molecule has 4 aliphatic rings. The lowest BCUT2D eigenvalue weighted by molar-refractivity contribution is -0.140. The van der Waals surface area contributed by atoms with Crippen molar-refractivity contribution in [3.63, 3.8) is 0 Å². The number of ketones is 2. The predicted molar refractivity (Wildman–Crippen MR) is 152 cm³/mol. The first-order valence-electron chi connectivity index (χ1n) is 13.5. The minimum atomic E-state index is -0.643. The minimum absolute atomic E-state index is 0.0851. The minimum Gasteiger partial charge on any atom is -0.508 e. The highest BCUT2D eigenvalue weighted by atomic mass is 79.9. The summed E-state index contributed by atoms with van der Waals surface area (Å²) in [5.41, 5.74) is 3.48. The zero-order chi connectivity index (χ0) is 29.2. The third kappa shape index (κ3) is 4.34. The largest absolute Gasteiger partial charge is 0.508 e. The Hall–Kier alpha value is -3.98. The molecule has 0 saturated carbocycles. The number of halogens is 1. The van der Waals surface area contributed by atoms with Crippen LogP contribution in [-0.4, -0.2) is 52.1 Å². The van der Waals surface area contributed by atoms with Crippen molar-refractivity contribution in [2.24, 2.45) is 17.8 Å². The molecule has 1 saturated heterocycles.